The molecule has 94 valence electrons. The lowest BCUT2D eigenvalue weighted by molar-refractivity contribution is -0.142. The molecule has 0 aliphatic rings. The highest BCUT2D eigenvalue weighted by Crippen LogP contribution is 2.00. The summed E-state index contributed by atoms with van der Waals surface area (Å²) in [7, 11) is 1.38. The molecule has 1 atom stereocenters. The molecule has 16 heavy (non-hydrogen) atoms. The summed E-state index contributed by atoms with van der Waals surface area (Å²) in [4.78, 5) is 26.5. The van der Waals surface area contributed by atoms with Gasteiger partial charge in [-0.15, -0.1) is 0 Å². The van der Waals surface area contributed by atoms with Crippen molar-refractivity contribution in [3.8, 4) is 0 Å². The van der Waals surface area contributed by atoms with Crippen molar-refractivity contribution in [3.63, 3.8) is 0 Å². The van der Waals surface area contributed by atoms with Crippen LogP contribution >= 0.6 is 0 Å². The van der Waals surface area contributed by atoms with E-state index in [1.807, 2.05) is 0 Å². The minimum absolute atomic E-state index is 0.0723. The van der Waals surface area contributed by atoms with E-state index in [0.717, 1.165) is 6.42 Å². The Morgan fingerprint density at radius 2 is 2.12 bits per heavy atom. The Bertz CT molecular complexity index is 223. The molecule has 0 aliphatic heterocycles. The largest absolute Gasteiger partial charge is 0.480 e. The molecule has 0 radical (unpaired) electrons. The van der Waals surface area contributed by atoms with Gasteiger partial charge < -0.3 is 21.0 Å². The molecular weight excluding hydrogens is 214 g/mol. The summed E-state index contributed by atoms with van der Waals surface area (Å²) in [6, 6.07) is -0.863. The molecule has 0 fully saturated rings. The van der Waals surface area contributed by atoms with Crippen LogP contribution in [0.1, 0.15) is 19.3 Å². The number of hydroxylamine groups is 1. The minimum Gasteiger partial charge on any atom is -0.480 e. The number of amides is 1. The number of nitrogens with two attached hydrogens (primary N) is 1. The van der Waals surface area contributed by atoms with E-state index in [0.29, 0.717) is 19.4 Å². The van der Waals surface area contributed by atoms with E-state index in [1.54, 1.807) is 0 Å². The highest BCUT2D eigenvalue weighted by Gasteiger charge is 2.18. The van der Waals surface area contributed by atoms with E-state index in [9.17, 15) is 9.59 Å². The van der Waals surface area contributed by atoms with Crippen LogP contribution in [0.25, 0.3) is 0 Å². The molecule has 0 spiro atoms. The molecule has 7 nitrogen and oxygen atoms in total. The van der Waals surface area contributed by atoms with Gasteiger partial charge in [-0.05, 0) is 25.8 Å². The zero-order chi connectivity index (χ0) is 12.4. The summed E-state index contributed by atoms with van der Waals surface area (Å²) in [6.07, 6.45) is 1.80. The second-order valence-corrected chi connectivity index (χ2v) is 3.27. The average Bonchev–Trinajstić information content (AvgIpc) is 2.25. The summed E-state index contributed by atoms with van der Waals surface area (Å²) >= 11 is 0. The maximum Gasteiger partial charge on any atom is 0.326 e. The van der Waals surface area contributed by atoms with Crippen molar-refractivity contribution in [3.05, 3.63) is 0 Å². The van der Waals surface area contributed by atoms with Crippen LogP contribution in [-0.4, -0.2) is 43.2 Å². The van der Waals surface area contributed by atoms with Crippen molar-refractivity contribution in [2.24, 2.45) is 5.73 Å². The van der Waals surface area contributed by atoms with Gasteiger partial charge in [0.15, 0.2) is 0 Å². The molecule has 7 heteroatoms. The molecule has 0 unspecified atom stereocenters. The molecule has 0 aliphatic carbocycles. The first-order valence-electron chi connectivity index (χ1n) is 5.10. The molecule has 5 N–H and O–H groups in total. The van der Waals surface area contributed by atoms with Crippen LogP contribution in [0.3, 0.4) is 0 Å². The lowest BCUT2D eigenvalue weighted by Crippen LogP contribution is -2.44. The fourth-order valence-corrected chi connectivity index (χ4v) is 1.13. The van der Waals surface area contributed by atoms with Crippen LogP contribution < -0.4 is 16.5 Å². The van der Waals surface area contributed by atoms with Gasteiger partial charge in [0.2, 0.25) is 5.91 Å². The second-order valence-electron chi connectivity index (χ2n) is 3.27. The number of rotatable bonds is 9. The van der Waals surface area contributed by atoms with Gasteiger partial charge in [0.25, 0.3) is 0 Å². The molecule has 0 saturated heterocycles. The number of unbranched alkanes of at least 4 members (excludes halogenated alkanes) is 1. The van der Waals surface area contributed by atoms with Crippen molar-refractivity contribution >= 4 is 11.9 Å². The fraction of sp³-hybridized carbons (Fsp3) is 0.778. The molecule has 0 bridgehead atoms. The molecule has 1 amide bonds. The normalized spacial score (nSPS) is 12.1. The van der Waals surface area contributed by atoms with Gasteiger partial charge >= 0.3 is 5.97 Å². The van der Waals surface area contributed by atoms with Crippen LogP contribution in [0.5, 0.6) is 0 Å². The van der Waals surface area contributed by atoms with Gasteiger partial charge in [-0.2, -0.15) is 5.48 Å². The lowest BCUT2D eigenvalue weighted by Gasteiger charge is -2.14. The van der Waals surface area contributed by atoms with Gasteiger partial charge in [0.05, 0.1) is 13.7 Å². The van der Waals surface area contributed by atoms with Gasteiger partial charge in [-0.3, -0.25) is 4.79 Å². The van der Waals surface area contributed by atoms with Crippen LogP contribution in [0, 0.1) is 0 Å². The average molecular weight is 233 g/mol. The highest BCUT2D eigenvalue weighted by molar-refractivity contribution is 5.84. The summed E-state index contributed by atoms with van der Waals surface area (Å²) < 4.78 is 0. The number of carboxylic acids is 1. The van der Waals surface area contributed by atoms with E-state index in [-0.39, 0.29) is 6.54 Å². The summed E-state index contributed by atoms with van der Waals surface area (Å²) in [6.45, 7) is 0.447. The number of aliphatic carboxylic acids is 1. The first-order chi connectivity index (χ1) is 7.61. The Balaban J connectivity index is 3.92. The van der Waals surface area contributed by atoms with E-state index in [2.05, 4.69) is 15.6 Å². The monoisotopic (exact) mass is 233 g/mol. The van der Waals surface area contributed by atoms with E-state index >= 15 is 0 Å². The Kier molecular flexibility index (Phi) is 8.41. The smallest absolute Gasteiger partial charge is 0.326 e. The van der Waals surface area contributed by atoms with E-state index < -0.39 is 17.9 Å². The molecule has 0 aromatic carbocycles. The molecule has 0 aromatic heterocycles. The van der Waals surface area contributed by atoms with Crippen molar-refractivity contribution in [1.29, 1.82) is 0 Å². The maximum atomic E-state index is 11.2. The first-order valence-corrected chi connectivity index (χ1v) is 5.10. The number of nitrogens with one attached hydrogen (secondary N) is 2. The first kappa shape index (κ1) is 14.8. The third-order valence-electron chi connectivity index (χ3n) is 1.96. The topological polar surface area (TPSA) is 114 Å². The SMILES string of the molecule is CONCC(=O)N[C@@H](CCCCN)C(=O)O. The molecule has 0 rings (SSSR count). The number of hydrogen-bond donors (Lipinski definition) is 4. The molecule has 0 saturated carbocycles. The number of hydrogen-bond acceptors (Lipinski definition) is 5. The molecule has 0 aromatic rings. The zero-order valence-corrected chi connectivity index (χ0v) is 9.36. The quantitative estimate of drug-likeness (QED) is 0.295. The van der Waals surface area contributed by atoms with Crippen LogP contribution in [-0.2, 0) is 14.4 Å². The summed E-state index contributed by atoms with van der Waals surface area (Å²) in [5, 5.41) is 11.2. The minimum atomic E-state index is -1.04. The maximum absolute atomic E-state index is 11.2. The third kappa shape index (κ3) is 7.16. The van der Waals surface area contributed by atoms with Crippen molar-refractivity contribution in [2.75, 3.05) is 20.2 Å². The summed E-state index contributed by atoms with van der Waals surface area (Å²) in [5.41, 5.74) is 7.63. The van der Waals surface area contributed by atoms with Crippen LogP contribution in [0.4, 0.5) is 0 Å². The number of carbonyl (C=O) groups is 2. The van der Waals surface area contributed by atoms with Gasteiger partial charge in [-0.1, -0.05) is 0 Å². The lowest BCUT2D eigenvalue weighted by atomic mass is 10.1. The van der Waals surface area contributed by atoms with Crippen molar-refractivity contribution in [2.45, 2.75) is 25.3 Å². The van der Waals surface area contributed by atoms with Gasteiger partial charge in [0.1, 0.15) is 6.04 Å². The van der Waals surface area contributed by atoms with Gasteiger partial charge in [-0.25, -0.2) is 4.79 Å². The van der Waals surface area contributed by atoms with Gasteiger partial charge in [0, 0.05) is 0 Å². The predicted octanol–water partition coefficient (Wildman–Crippen LogP) is -1.16. The van der Waals surface area contributed by atoms with E-state index in [4.69, 9.17) is 10.8 Å². The Morgan fingerprint density at radius 3 is 2.62 bits per heavy atom. The Morgan fingerprint density at radius 1 is 1.44 bits per heavy atom. The highest BCUT2D eigenvalue weighted by atomic mass is 16.6. The predicted molar refractivity (Wildman–Crippen MR) is 57.5 cm³/mol. The van der Waals surface area contributed by atoms with Crippen molar-refractivity contribution < 1.29 is 19.5 Å². The van der Waals surface area contributed by atoms with Crippen LogP contribution in [0.2, 0.25) is 0 Å². The Labute approximate surface area is 94.3 Å². The standard InChI is InChI=1S/C9H19N3O4/c1-16-11-6-8(13)12-7(9(14)15)4-2-3-5-10/h7,11H,2-6,10H2,1H3,(H,12,13)(H,14,15)/t7-/m0/s1. The molecular formula is C9H19N3O4. The fourth-order valence-electron chi connectivity index (χ4n) is 1.13. The zero-order valence-electron chi connectivity index (χ0n) is 9.36. The summed E-state index contributed by atoms with van der Waals surface area (Å²) in [5.74, 6) is -1.45. The Hall–Kier alpha value is -1.18. The van der Waals surface area contributed by atoms with Crippen LogP contribution in [0.15, 0.2) is 0 Å². The molecule has 0 heterocycles. The number of carbonyl (C=O) groups excluding carboxylic acids is 1. The third-order valence-corrected chi connectivity index (χ3v) is 1.96. The second kappa shape index (κ2) is 9.08. The van der Waals surface area contributed by atoms with E-state index in [1.165, 1.54) is 7.11 Å². The van der Waals surface area contributed by atoms with Crippen molar-refractivity contribution in [1.82, 2.24) is 10.8 Å². The number of carboxylic acid groups (broad SMARTS) is 1.